The summed E-state index contributed by atoms with van der Waals surface area (Å²) in [5.74, 6) is -0.602. The number of nitrogens with one attached hydrogen (secondary N) is 1. The molecule has 0 spiro atoms. The Labute approximate surface area is 52.1 Å². The molecule has 0 aromatic carbocycles. The molecule has 0 saturated heterocycles. The van der Waals surface area contributed by atoms with Crippen LogP contribution in [0.15, 0.2) is 17.1 Å². The predicted octanol–water partition coefficient (Wildman–Crippen LogP) is -0.692. The molecule has 0 aliphatic heterocycles. The van der Waals surface area contributed by atoms with Gasteiger partial charge in [0.1, 0.15) is 13.7 Å². The standard InChI is InChI=1S/C5H3BFNO/c6-3-1-5(9)8-2-4(3)7/h1-2H,(H,8,9). The minimum atomic E-state index is -0.602. The first-order chi connectivity index (χ1) is 4.20. The van der Waals surface area contributed by atoms with Gasteiger partial charge in [0.25, 0.3) is 0 Å². The Kier molecular flexibility index (Phi) is 1.38. The summed E-state index contributed by atoms with van der Waals surface area (Å²) in [6.45, 7) is 0. The third-order valence-electron chi connectivity index (χ3n) is 0.904. The van der Waals surface area contributed by atoms with E-state index in [1.54, 1.807) is 0 Å². The van der Waals surface area contributed by atoms with Crippen LogP contribution in [-0.4, -0.2) is 12.8 Å². The molecule has 9 heavy (non-hydrogen) atoms. The van der Waals surface area contributed by atoms with Crippen LogP contribution in [0.4, 0.5) is 4.39 Å². The molecule has 0 unspecified atom stereocenters. The molecule has 4 heteroatoms. The van der Waals surface area contributed by atoms with Gasteiger partial charge in [-0.1, -0.05) is 5.46 Å². The molecule has 0 amide bonds. The fraction of sp³-hybridized carbons (Fsp3) is 0. The normalized spacial score (nSPS) is 9.44. The Bertz CT molecular complexity index is 270. The van der Waals surface area contributed by atoms with E-state index in [0.717, 1.165) is 12.3 Å². The molecule has 1 aromatic rings. The van der Waals surface area contributed by atoms with Crippen molar-refractivity contribution in [2.24, 2.45) is 0 Å². The minimum absolute atomic E-state index is 0.126. The number of pyridine rings is 1. The van der Waals surface area contributed by atoms with E-state index in [1.807, 2.05) is 0 Å². The SMILES string of the molecule is [B]c1cc(=O)[nH]cc1F. The average Bonchev–Trinajstić information content (AvgIpc) is 1.80. The first-order valence-electron chi connectivity index (χ1n) is 2.34. The minimum Gasteiger partial charge on any atom is -0.326 e. The van der Waals surface area contributed by atoms with Gasteiger partial charge in [0.15, 0.2) is 0 Å². The van der Waals surface area contributed by atoms with E-state index in [1.165, 1.54) is 0 Å². The summed E-state index contributed by atoms with van der Waals surface area (Å²) >= 11 is 0. The quantitative estimate of drug-likeness (QED) is 0.455. The fourth-order valence-corrected chi connectivity index (χ4v) is 0.470. The van der Waals surface area contributed by atoms with Gasteiger partial charge in [-0.2, -0.15) is 0 Å². The molecule has 0 fully saturated rings. The van der Waals surface area contributed by atoms with Crippen molar-refractivity contribution < 1.29 is 4.39 Å². The third kappa shape index (κ3) is 1.19. The van der Waals surface area contributed by atoms with Gasteiger partial charge in [-0.3, -0.25) is 4.79 Å². The summed E-state index contributed by atoms with van der Waals surface area (Å²) in [4.78, 5) is 12.5. The van der Waals surface area contributed by atoms with Crippen LogP contribution in [-0.2, 0) is 0 Å². The zero-order valence-electron chi connectivity index (χ0n) is 4.52. The smallest absolute Gasteiger partial charge is 0.247 e. The molecule has 0 aliphatic rings. The zero-order valence-corrected chi connectivity index (χ0v) is 4.52. The summed E-state index contributed by atoms with van der Waals surface area (Å²) in [7, 11) is 5.03. The number of H-pyrrole nitrogens is 1. The second-order valence-corrected chi connectivity index (χ2v) is 1.60. The lowest BCUT2D eigenvalue weighted by Crippen LogP contribution is -2.17. The van der Waals surface area contributed by atoms with E-state index < -0.39 is 11.4 Å². The van der Waals surface area contributed by atoms with Crippen LogP contribution in [0.3, 0.4) is 0 Å². The summed E-state index contributed by atoms with van der Waals surface area (Å²) < 4.78 is 12.2. The molecule has 1 N–H and O–H groups in total. The highest BCUT2D eigenvalue weighted by atomic mass is 19.1. The summed E-state index contributed by atoms with van der Waals surface area (Å²) in [5.41, 5.74) is -0.521. The maximum Gasteiger partial charge on any atom is 0.247 e. The van der Waals surface area contributed by atoms with Gasteiger partial charge in [0, 0.05) is 6.20 Å². The molecule has 1 rings (SSSR count). The monoisotopic (exact) mass is 123 g/mol. The lowest BCUT2D eigenvalue weighted by molar-refractivity contribution is 0.628. The zero-order chi connectivity index (χ0) is 6.85. The second kappa shape index (κ2) is 2.05. The van der Waals surface area contributed by atoms with E-state index in [4.69, 9.17) is 7.85 Å². The van der Waals surface area contributed by atoms with Crippen molar-refractivity contribution in [1.29, 1.82) is 0 Å². The van der Waals surface area contributed by atoms with Crippen molar-refractivity contribution in [2.75, 3.05) is 0 Å². The molecule has 2 radical (unpaired) electrons. The van der Waals surface area contributed by atoms with Crippen LogP contribution in [0.5, 0.6) is 0 Å². The fourth-order valence-electron chi connectivity index (χ4n) is 0.470. The summed E-state index contributed by atoms with van der Waals surface area (Å²) in [6.07, 6.45) is 0.928. The van der Waals surface area contributed by atoms with Crippen molar-refractivity contribution in [3.05, 3.63) is 28.4 Å². The Hall–Kier alpha value is -1.06. The number of aromatic nitrogens is 1. The second-order valence-electron chi connectivity index (χ2n) is 1.60. The van der Waals surface area contributed by atoms with Gasteiger partial charge in [0.05, 0.1) is 0 Å². The number of hydrogen-bond donors (Lipinski definition) is 1. The molecular weight excluding hydrogens is 120 g/mol. The number of aromatic amines is 1. The van der Waals surface area contributed by atoms with E-state index in [0.29, 0.717) is 0 Å². The topological polar surface area (TPSA) is 32.9 Å². The Balaban J connectivity index is 3.34. The molecule has 1 heterocycles. The molecule has 44 valence electrons. The molecule has 1 aromatic heterocycles. The van der Waals surface area contributed by atoms with Crippen molar-refractivity contribution >= 4 is 13.3 Å². The Morgan fingerprint density at radius 1 is 1.67 bits per heavy atom. The summed E-state index contributed by atoms with van der Waals surface area (Å²) in [5, 5.41) is 0. The molecule has 0 bridgehead atoms. The maximum atomic E-state index is 12.2. The van der Waals surface area contributed by atoms with Gasteiger partial charge < -0.3 is 4.98 Å². The van der Waals surface area contributed by atoms with Gasteiger partial charge in [-0.25, -0.2) is 4.39 Å². The van der Waals surface area contributed by atoms with Crippen molar-refractivity contribution in [3.63, 3.8) is 0 Å². The number of hydrogen-bond acceptors (Lipinski definition) is 1. The highest BCUT2D eigenvalue weighted by Crippen LogP contribution is 1.80. The van der Waals surface area contributed by atoms with Gasteiger partial charge in [0.2, 0.25) is 5.56 Å². The van der Waals surface area contributed by atoms with Gasteiger partial charge in [-0.05, 0) is 6.07 Å². The molecule has 0 saturated carbocycles. The predicted molar refractivity (Wildman–Crippen MR) is 32.4 cm³/mol. The van der Waals surface area contributed by atoms with E-state index in [9.17, 15) is 9.18 Å². The van der Waals surface area contributed by atoms with E-state index >= 15 is 0 Å². The molecule has 0 atom stereocenters. The van der Waals surface area contributed by atoms with Crippen molar-refractivity contribution in [2.45, 2.75) is 0 Å². The van der Waals surface area contributed by atoms with Crippen molar-refractivity contribution in [1.82, 2.24) is 4.98 Å². The molecule has 0 aliphatic carbocycles. The average molecular weight is 123 g/mol. The van der Waals surface area contributed by atoms with Crippen LogP contribution in [0.25, 0.3) is 0 Å². The lowest BCUT2D eigenvalue weighted by atomic mass is 9.97. The molecular formula is C5H3BFNO. The Morgan fingerprint density at radius 3 is 2.78 bits per heavy atom. The van der Waals surface area contributed by atoms with Crippen molar-refractivity contribution in [3.8, 4) is 0 Å². The first kappa shape index (κ1) is 6.07. The summed E-state index contributed by atoms with van der Waals surface area (Å²) in [6, 6.07) is 0.995. The van der Waals surface area contributed by atoms with Gasteiger partial charge in [-0.15, -0.1) is 0 Å². The van der Waals surface area contributed by atoms with Gasteiger partial charge >= 0.3 is 0 Å². The number of rotatable bonds is 0. The van der Waals surface area contributed by atoms with Crippen LogP contribution >= 0.6 is 0 Å². The number of halogens is 1. The highest BCUT2D eigenvalue weighted by Gasteiger charge is 1.92. The third-order valence-corrected chi connectivity index (χ3v) is 0.904. The molecule has 2 nitrogen and oxygen atoms in total. The van der Waals surface area contributed by atoms with E-state index in [2.05, 4.69) is 4.98 Å². The highest BCUT2D eigenvalue weighted by molar-refractivity contribution is 6.32. The van der Waals surface area contributed by atoms with Crippen LogP contribution in [0.1, 0.15) is 0 Å². The largest absolute Gasteiger partial charge is 0.326 e. The van der Waals surface area contributed by atoms with Crippen LogP contribution in [0, 0.1) is 5.82 Å². The lowest BCUT2D eigenvalue weighted by Gasteiger charge is -1.90. The Morgan fingerprint density at radius 2 is 2.33 bits per heavy atom. The van der Waals surface area contributed by atoms with E-state index in [-0.39, 0.29) is 5.46 Å². The maximum absolute atomic E-state index is 12.2. The van der Waals surface area contributed by atoms with Crippen LogP contribution < -0.4 is 11.0 Å². The first-order valence-corrected chi connectivity index (χ1v) is 2.34. The van der Waals surface area contributed by atoms with Crippen LogP contribution in [0.2, 0.25) is 0 Å².